The molecule has 0 atom stereocenters. The first-order valence-corrected chi connectivity index (χ1v) is 6.18. The monoisotopic (exact) mass is 356 g/mol. The third-order valence-electron chi connectivity index (χ3n) is 2.25. The summed E-state index contributed by atoms with van der Waals surface area (Å²) in [6.45, 7) is 1.72. The molecule has 0 saturated heterocycles. The smallest absolute Gasteiger partial charge is 0.288 e. The second-order valence-corrected chi connectivity index (χ2v) is 4.87. The van der Waals surface area contributed by atoms with Crippen LogP contribution in [0, 0.1) is 20.6 Å². The van der Waals surface area contributed by atoms with Gasteiger partial charge in [0, 0.05) is 15.2 Å². The number of benzene rings is 1. The van der Waals surface area contributed by atoms with Crippen LogP contribution in [0.15, 0.2) is 36.5 Å². The van der Waals surface area contributed by atoms with E-state index in [1.165, 1.54) is 12.3 Å². The molecular weight excluding hydrogens is 347 g/mol. The van der Waals surface area contributed by atoms with Gasteiger partial charge < -0.3 is 4.74 Å². The molecule has 0 radical (unpaired) electrons. The van der Waals surface area contributed by atoms with E-state index in [0.717, 1.165) is 3.57 Å². The van der Waals surface area contributed by atoms with E-state index in [1.807, 2.05) is 24.3 Å². The fourth-order valence-corrected chi connectivity index (χ4v) is 1.73. The minimum Gasteiger partial charge on any atom is -0.439 e. The fourth-order valence-electron chi connectivity index (χ4n) is 1.37. The first kappa shape index (κ1) is 12.7. The molecule has 92 valence electrons. The molecule has 1 aromatic heterocycles. The standard InChI is InChI=1S/C12H9IN2O3/c1-8-6-10(15(16)17)7-14-12(8)18-11-4-2-9(13)3-5-11/h2-7H,1H3. The summed E-state index contributed by atoms with van der Waals surface area (Å²) in [6, 6.07) is 8.91. The maximum absolute atomic E-state index is 10.6. The van der Waals surface area contributed by atoms with Gasteiger partial charge in [-0.2, -0.15) is 0 Å². The molecule has 18 heavy (non-hydrogen) atoms. The number of nitro groups is 1. The van der Waals surface area contributed by atoms with E-state index in [0.29, 0.717) is 17.2 Å². The summed E-state index contributed by atoms with van der Waals surface area (Å²) in [5, 5.41) is 10.6. The molecule has 0 bridgehead atoms. The van der Waals surface area contributed by atoms with Crippen molar-refractivity contribution in [2.75, 3.05) is 0 Å². The molecular formula is C12H9IN2O3. The Morgan fingerprint density at radius 1 is 1.33 bits per heavy atom. The lowest BCUT2D eigenvalue weighted by Crippen LogP contribution is -1.94. The number of halogens is 1. The summed E-state index contributed by atoms with van der Waals surface area (Å²) in [6.07, 6.45) is 1.19. The summed E-state index contributed by atoms with van der Waals surface area (Å²) < 4.78 is 6.67. The summed E-state index contributed by atoms with van der Waals surface area (Å²) >= 11 is 2.20. The van der Waals surface area contributed by atoms with E-state index in [4.69, 9.17) is 4.74 Å². The molecule has 0 unspecified atom stereocenters. The van der Waals surface area contributed by atoms with Crippen LogP contribution < -0.4 is 4.74 Å². The highest BCUT2D eigenvalue weighted by Gasteiger charge is 2.10. The number of hydrogen-bond donors (Lipinski definition) is 0. The Labute approximate surface area is 117 Å². The highest BCUT2D eigenvalue weighted by atomic mass is 127. The zero-order valence-corrected chi connectivity index (χ0v) is 11.6. The van der Waals surface area contributed by atoms with Crippen molar-refractivity contribution in [1.82, 2.24) is 4.98 Å². The molecule has 0 saturated carbocycles. The van der Waals surface area contributed by atoms with Crippen molar-refractivity contribution < 1.29 is 9.66 Å². The van der Waals surface area contributed by atoms with Crippen LogP contribution in [0.4, 0.5) is 5.69 Å². The molecule has 1 heterocycles. The number of pyridine rings is 1. The number of aromatic nitrogens is 1. The summed E-state index contributed by atoms with van der Waals surface area (Å²) in [4.78, 5) is 14.1. The van der Waals surface area contributed by atoms with Gasteiger partial charge in [-0.25, -0.2) is 4.98 Å². The molecule has 1 aromatic carbocycles. The third-order valence-corrected chi connectivity index (χ3v) is 2.97. The SMILES string of the molecule is Cc1cc([N+](=O)[O-])cnc1Oc1ccc(I)cc1. The van der Waals surface area contributed by atoms with Crippen LogP contribution in [-0.2, 0) is 0 Å². The van der Waals surface area contributed by atoms with E-state index < -0.39 is 4.92 Å². The molecule has 0 fully saturated rings. The fraction of sp³-hybridized carbons (Fsp3) is 0.0833. The summed E-state index contributed by atoms with van der Waals surface area (Å²) in [5.41, 5.74) is 0.588. The Bertz CT molecular complexity index is 584. The second kappa shape index (κ2) is 5.30. The minimum atomic E-state index is -0.478. The molecule has 5 nitrogen and oxygen atoms in total. The number of aryl methyl sites for hydroxylation is 1. The van der Waals surface area contributed by atoms with Crippen molar-refractivity contribution >= 4 is 28.3 Å². The highest BCUT2D eigenvalue weighted by molar-refractivity contribution is 14.1. The number of rotatable bonds is 3. The zero-order chi connectivity index (χ0) is 13.1. The van der Waals surface area contributed by atoms with Gasteiger partial charge >= 0.3 is 0 Å². The predicted molar refractivity (Wildman–Crippen MR) is 74.9 cm³/mol. The van der Waals surface area contributed by atoms with Gasteiger partial charge in [-0.05, 0) is 53.8 Å². The quantitative estimate of drug-likeness (QED) is 0.478. The lowest BCUT2D eigenvalue weighted by atomic mass is 10.3. The van der Waals surface area contributed by atoms with Crippen molar-refractivity contribution in [3.63, 3.8) is 0 Å². The predicted octanol–water partition coefficient (Wildman–Crippen LogP) is 3.70. The molecule has 2 aromatic rings. The van der Waals surface area contributed by atoms with Gasteiger partial charge in [0.15, 0.2) is 0 Å². The van der Waals surface area contributed by atoms with Gasteiger partial charge in [0.25, 0.3) is 5.69 Å². The van der Waals surface area contributed by atoms with Crippen molar-refractivity contribution in [3.05, 3.63) is 55.8 Å². The normalized spacial score (nSPS) is 10.1. The Balaban J connectivity index is 2.24. The lowest BCUT2D eigenvalue weighted by Gasteiger charge is -2.06. The van der Waals surface area contributed by atoms with Crippen LogP contribution in [0.1, 0.15) is 5.56 Å². The Hall–Kier alpha value is -1.70. The van der Waals surface area contributed by atoms with Gasteiger partial charge in [-0.3, -0.25) is 10.1 Å². The van der Waals surface area contributed by atoms with Crippen molar-refractivity contribution in [2.24, 2.45) is 0 Å². The minimum absolute atomic E-state index is 0.0394. The van der Waals surface area contributed by atoms with E-state index in [-0.39, 0.29) is 5.69 Å². The van der Waals surface area contributed by atoms with Crippen LogP contribution in [0.2, 0.25) is 0 Å². The molecule has 6 heteroatoms. The Kier molecular flexibility index (Phi) is 3.75. The van der Waals surface area contributed by atoms with Gasteiger partial charge in [-0.15, -0.1) is 0 Å². The van der Waals surface area contributed by atoms with Gasteiger partial charge in [0.1, 0.15) is 11.9 Å². The van der Waals surface area contributed by atoms with Crippen molar-refractivity contribution in [2.45, 2.75) is 6.92 Å². The Morgan fingerprint density at radius 2 is 2.00 bits per heavy atom. The van der Waals surface area contributed by atoms with Crippen LogP contribution in [0.3, 0.4) is 0 Å². The van der Waals surface area contributed by atoms with Crippen molar-refractivity contribution in [3.8, 4) is 11.6 Å². The number of ether oxygens (including phenoxy) is 1. The molecule has 0 amide bonds. The van der Waals surface area contributed by atoms with Crippen molar-refractivity contribution in [1.29, 1.82) is 0 Å². The second-order valence-electron chi connectivity index (χ2n) is 3.63. The average Bonchev–Trinajstić information content (AvgIpc) is 2.34. The maximum atomic E-state index is 10.6. The summed E-state index contributed by atoms with van der Waals surface area (Å²) in [5.74, 6) is 1.03. The van der Waals surface area contributed by atoms with Gasteiger partial charge in [0.2, 0.25) is 5.88 Å². The topological polar surface area (TPSA) is 65.3 Å². The van der Waals surface area contributed by atoms with E-state index in [2.05, 4.69) is 27.6 Å². The third kappa shape index (κ3) is 2.95. The highest BCUT2D eigenvalue weighted by Crippen LogP contribution is 2.25. The molecule has 0 aliphatic rings. The van der Waals surface area contributed by atoms with Crippen LogP contribution in [0.5, 0.6) is 11.6 Å². The Morgan fingerprint density at radius 3 is 2.56 bits per heavy atom. The first-order chi connectivity index (χ1) is 8.56. The zero-order valence-electron chi connectivity index (χ0n) is 9.46. The summed E-state index contributed by atoms with van der Waals surface area (Å²) in [7, 11) is 0. The molecule has 2 rings (SSSR count). The van der Waals surface area contributed by atoms with Gasteiger partial charge in [0.05, 0.1) is 4.92 Å². The van der Waals surface area contributed by atoms with Crippen LogP contribution in [-0.4, -0.2) is 9.91 Å². The largest absolute Gasteiger partial charge is 0.439 e. The first-order valence-electron chi connectivity index (χ1n) is 5.11. The number of hydrogen-bond acceptors (Lipinski definition) is 4. The molecule has 0 N–H and O–H groups in total. The molecule has 0 spiro atoms. The van der Waals surface area contributed by atoms with E-state index in [1.54, 1.807) is 6.92 Å². The van der Waals surface area contributed by atoms with Gasteiger partial charge in [-0.1, -0.05) is 0 Å². The van der Waals surface area contributed by atoms with E-state index >= 15 is 0 Å². The van der Waals surface area contributed by atoms with E-state index in [9.17, 15) is 10.1 Å². The van der Waals surface area contributed by atoms with Crippen LogP contribution in [0.25, 0.3) is 0 Å². The average molecular weight is 356 g/mol. The van der Waals surface area contributed by atoms with Crippen LogP contribution >= 0.6 is 22.6 Å². The molecule has 0 aliphatic heterocycles. The molecule has 0 aliphatic carbocycles. The number of nitrogens with zero attached hydrogens (tertiary/aromatic N) is 2. The maximum Gasteiger partial charge on any atom is 0.288 e. The lowest BCUT2D eigenvalue weighted by molar-refractivity contribution is -0.385.